The molecule has 0 aromatic rings. The van der Waals surface area contributed by atoms with Crippen molar-refractivity contribution in [2.75, 3.05) is 0 Å². The van der Waals surface area contributed by atoms with E-state index in [9.17, 15) is 4.79 Å². The van der Waals surface area contributed by atoms with Gasteiger partial charge < -0.3 is 5.73 Å². The molecule has 0 aromatic carbocycles. The van der Waals surface area contributed by atoms with Gasteiger partial charge in [-0.15, -0.1) is 25.0 Å². The van der Waals surface area contributed by atoms with Gasteiger partial charge in [0, 0.05) is 0 Å². The minimum absolute atomic E-state index is 0. The van der Waals surface area contributed by atoms with Gasteiger partial charge in [0.1, 0.15) is 0 Å². The molecule has 0 fully saturated rings. The van der Waals surface area contributed by atoms with Crippen molar-refractivity contribution >= 4 is 30.2 Å². The van der Waals surface area contributed by atoms with Gasteiger partial charge in [-0.1, -0.05) is 0 Å². The molecule has 2 N–H and O–H groups in total. The van der Waals surface area contributed by atoms with Crippen molar-refractivity contribution in [2.45, 2.75) is 19.4 Å². The van der Waals surface area contributed by atoms with Crippen molar-refractivity contribution in [3.63, 3.8) is 0 Å². The fourth-order valence-corrected chi connectivity index (χ4v) is 0. The standard InChI is InChI=1S/C4H9NOS.ClH/c1-4(2,5)3(6)7;/h5H2,1-2H3,(H,6,7);1H. The molecule has 0 aromatic heterocycles. The van der Waals surface area contributed by atoms with E-state index >= 15 is 0 Å². The third kappa shape index (κ3) is 4.43. The highest BCUT2D eigenvalue weighted by Crippen LogP contribution is 1.99. The summed E-state index contributed by atoms with van der Waals surface area (Å²) in [5.41, 5.74) is 4.48. The molecule has 0 rings (SSSR count). The summed E-state index contributed by atoms with van der Waals surface area (Å²) in [5, 5.41) is -0.285. The number of hydrogen-bond acceptors (Lipinski definition) is 2. The van der Waals surface area contributed by atoms with E-state index in [4.69, 9.17) is 5.73 Å². The number of carbonyl (C=O) groups is 1. The van der Waals surface area contributed by atoms with Crippen LogP contribution in [0.5, 0.6) is 0 Å². The maximum atomic E-state index is 10.2. The number of thiol groups is 1. The van der Waals surface area contributed by atoms with Crippen LogP contribution in [0.15, 0.2) is 0 Å². The zero-order valence-electron chi connectivity index (χ0n) is 4.84. The number of hydrogen-bond donors (Lipinski definition) is 2. The second-order valence-electron chi connectivity index (χ2n) is 2.03. The van der Waals surface area contributed by atoms with Crippen LogP contribution in [0, 0.1) is 0 Å². The molecule has 50 valence electrons. The molecule has 0 atom stereocenters. The Morgan fingerprint density at radius 1 is 1.62 bits per heavy atom. The zero-order chi connectivity index (χ0) is 6.08. The molecule has 0 heterocycles. The summed E-state index contributed by atoms with van der Waals surface area (Å²) >= 11 is 3.51. The van der Waals surface area contributed by atoms with Crippen molar-refractivity contribution in [2.24, 2.45) is 5.73 Å². The van der Waals surface area contributed by atoms with E-state index in [0.717, 1.165) is 0 Å². The summed E-state index contributed by atoms with van der Waals surface area (Å²) in [7, 11) is 0. The van der Waals surface area contributed by atoms with Crippen LogP contribution in [0.3, 0.4) is 0 Å². The lowest BCUT2D eigenvalue weighted by Gasteiger charge is -2.10. The summed E-state index contributed by atoms with van der Waals surface area (Å²) in [4.78, 5) is 10.2. The Hall–Kier alpha value is 0.270. The van der Waals surface area contributed by atoms with Gasteiger partial charge >= 0.3 is 0 Å². The summed E-state index contributed by atoms with van der Waals surface area (Å²) in [6.45, 7) is 3.23. The van der Waals surface area contributed by atoms with Gasteiger partial charge in [0.25, 0.3) is 0 Å². The Morgan fingerprint density at radius 2 is 1.75 bits per heavy atom. The van der Waals surface area contributed by atoms with Crippen molar-refractivity contribution in [3.05, 3.63) is 0 Å². The maximum absolute atomic E-state index is 10.2. The SMILES string of the molecule is CC(C)(N)C(=O)S.Cl. The molecule has 0 radical (unpaired) electrons. The van der Waals surface area contributed by atoms with Gasteiger partial charge in [0.05, 0.1) is 5.54 Å². The first-order chi connectivity index (χ1) is 2.94. The maximum Gasteiger partial charge on any atom is 0.205 e. The molecule has 0 bridgehead atoms. The lowest BCUT2D eigenvalue weighted by atomic mass is 10.1. The highest BCUT2D eigenvalue weighted by atomic mass is 35.5. The molecule has 0 saturated heterocycles. The van der Waals surface area contributed by atoms with Gasteiger partial charge in [-0.25, -0.2) is 0 Å². The Labute approximate surface area is 60.6 Å². The average Bonchev–Trinajstić information content (AvgIpc) is 1.31. The third-order valence-electron chi connectivity index (χ3n) is 0.551. The third-order valence-corrected chi connectivity index (χ3v) is 1.13. The van der Waals surface area contributed by atoms with Gasteiger partial charge in [-0.05, 0) is 13.8 Å². The van der Waals surface area contributed by atoms with E-state index in [1.54, 1.807) is 13.8 Å². The fraction of sp³-hybridized carbons (Fsp3) is 0.750. The molecule has 2 nitrogen and oxygen atoms in total. The molecule has 0 unspecified atom stereocenters. The fourth-order valence-electron chi connectivity index (χ4n) is 0. The molecule has 0 aliphatic heterocycles. The van der Waals surface area contributed by atoms with E-state index in [1.807, 2.05) is 0 Å². The molecule has 4 heteroatoms. The van der Waals surface area contributed by atoms with Crippen molar-refractivity contribution < 1.29 is 4.79 Å². The predicted octanol–water partition coefficient (Wildman–Crippen LogP) is 0.602. The first-order valence-electron chi connectivity index (χ1n) is 1.97. The summed E-state index contributed by atoms with van der Waals surface area (Å²) in [6, 6.07) is 0. The van der Waals surface area contributed by atoms with Crippen LogP contribution in [-0.4, -0.2) is 10.7 Å². The van der Waals surface area contributed by atoms with Gasteiger partial charge in [0.15, 0.2) is 0 Å². The molecule has 0 saturated carbocycles. The first kappa shape index (κ1) is 11.1. The van der Waals surface area contributed by atoms with Crippen molar-refractivity contribution in [1.29, 1.82) is 0 Å². The Bertz CT molecular complexity index is 88.5. The molecule has 0 spiro atoms. The summed E-state index contributed by atoms with van der Waals surface area (Å²) in [5.74, 6) is 0. The van der Waals surface area contributed by atoms with Crippen LogP contribution in [0.2, 0.25) is 0 Å². The highest BCUT2D eigenvalue weighted by Gasteiger charge is 2.16. The predicted molar refractivity (Wildman–Crippen MR) is 39.5 cm³/mol. The highest BCUT2D eigenvalue weighted by molar-refractivity contribution is 7.96. The summed E-state index contributed by atoms with van der Waals surface area (Å²) in [6.07, 6.45) is 0. The van der Waals surface area contributed by atoms with Crippen LogP contribution in [0.1, 0.15) is 13.8 Å². The van der Waals surface area contributed by atoms with Crippen LogP contribution in [-0.2, 0) is 4.79 Å². The normalized spacial score (nSPS) is 10.0. The van der Waals surface area contributed by atoms with E-state index in [0.29, 0.717) is 0 Å². The molecular weight excluding hydrogens is 146 g/mol. The quantitative estimate of drug-likeness (QED) is 0.545. The molecular formula is C4H10ClNOS. The van der Waals surface area contributed by atoms with Crippen LogP contribution in [0.25, 0.3) is 0 Å². The van der Waals surface area contributed by atoms with Crippen molar-refractivity contribution in [1.82, 2.24) is 0 Å². The Kier molecular flexibility index (Phi) is 4.62. The summed E-state index contributed by atoms with van der Waals surface area (Å²) < 4.78 is 0. The largest absolute Gasteiger partial charge is 0.319 e. The minimum atomic E-state index is -0.775. The monoisotopic (exact) mass is 155 g/mol. The van der Waals surface area contributed by atoms with E-state index in [-0.39, 0.29) is 17.5 Å². The average molecular weight is 156 g/mol. The van der Waals surface area contributed by atoms with E-state index in [2.05, 4.69) is 12.6 Å². The van der Waals surface area contributed by atoms with Gasteiger partial charge in [-0.3, -0.25) is 4.79 Å². The number of carbonyl (C=O) groups excluding carboxylic acids is 1. The molecule has 0 aliphatic rings. The second-order valence-corrected chi connectivity index (χ2v) is 2.43. The second kappa shape index (κ2) is 3.33. The van der Waals surface area contributed by atoms with Crippen LogP contribution >= 0.6 is 25.0 Å². The molecule has 8 heavy (non-hydrogen) atoms. The topological polar surface area (TPSA) is 43.1 Å². The number of halogens is 1. The van der Waals surface area contributed by atoms with Crippen LogP contribution < -0.4 is 5.73 Å². The lowest BCUT2D eigenvalue weighted by Crippen LogP contribution is -2.38. The van der Waals surface area contributed by atoms with E-state index in [1.165, 1.54) is 0 Å². The first-order valence-corrected chi connectivity index (χ1v) is 2.41. The minimum Gasteiger partial charge on any atom is -0.319 e. The van der Waals surface area contributed by atoms with Crippen molar-refractivity contribution in [3.8, 4) is 0 Å². The number of nitrogens with two attached hydrogens (primary N) is 1. The van der Waals surface area contributed by atoms with Gasteiger partial charge in [-0.2, -0.15) is 0 Å². The Balaban J connectivity index is 0. The van der Waals surface area contributed by atoms with Gasteiger partial charge in [0.2, 0.25) is 5.12 Å². The Morgan fingerprint density at radius 3 is 1.75 bits per heavy atom. The zero-order valence-corrected chi connectivity index (χ0v) is 6.55. The molecule has 0 amide bonds. The van der Waals surface area contributed by atoms with E-state index < -0.39 is 5.54 Å². The smallest absolute Gasteiger partial charge is 0.205 e. The number of rotatable bonds is 1. The lowest BCUT2D eigenvalue weighted by molar-refractivity contribution is -0.114. The van der Waals surface area contributed by atoms with Crippen LogP contribution in [0.4, 0.5) is 0 Å². The molecule has 0 aliphatic carbocycles.